The molecule has 0 bridgehead atoms. The van der Waals surface area contributed by atoms with Crippen LogP contribution in [0.2, 0.25) is 0 Å². The van der Waals surface area contributed by atoms with Gasteiger partial charge in [-0.2, -0.15) is 0 Å². The summed E-state index contributed by atoms with van der Waals surface area (Å²) in [6.07, 6.45) is 3.18. The zero-order valence-electron chi connectivity index (χ0n) is 15.3. The van der Waals surface area contributed by atoms with Gasteiger partial charge >= 0.3 is 5.97 Å². The minimum Gasteiger partial charge on any atom is -0.505 e. The number of aromatic hydroxyl groups is 1. The summed E-state index contributed by atoms with van der Waals surface area (Å²) in [5, 5.41) is 20.1. The Morgan fingerprint density at radius 2 is 1.85 bits per heavy atom. The molecule has 0 amide bonds. The van der Waals surface area contributed by atoms with E-state index in [2.05, 4.69) is 18.8 Å². The molecule has 0 saturated carbocycles. The molecule has 0 saturated heterocycles. The largest absolute Gasteiger partial charge is 0.505 e. The summed E-state index contributed by atoms with van der Waals surface area (Å²) in [4.78, 5) is 28.4. The zero-order valence-corrected chi connectivity index (χ0v) is 15.3. The summed E-state index contributed by atoms with van der Waals surface area (Å²) in [6, 6.07) is 10.7. The van der Waals surface area contributed by atoms with Crippen LogP contribution < -0.4 is 5.56 Å². The third kappa shape index (κ3) is 3.43. The third-order valence-electron chi connectivity index (χ3n) is 5.01. The van der Waals surface area contributed by atoms with Gasteiger partial charge in [-0.25, -0.2) is 9.78 Å². The van der Waals surface area contributed by atoms with E-state index in [1.54, 1.807) is 10.6 Å². The van der Waals surface area contributed by atoms with Crippen LogP contribution in [0.5, 0.6) is 5.75 Å². The van der Waals surface area contributed by atoms with Crippen molar-refractivity contribution in [2.24, 2.45) is 5.92 Å². The van der Waals surface area contributed by atoms with Crippen LogP contribution >= 0.6 is 0 Å². The first-order valence-electron chi connectivity index (χ1n) is 9.02. The molecule has 27 heavy (non-hydrogen) atoms. The molecule has 0 atom stereocenters. The molecular weight excluding hydrogens is 344 g/mol. The molecule has 140 valence electrons. The van der Waals surface area contributed by atoms with Gasteiger partial charge in [-0.05, 0) is 17.5 Å². The van der Waals surface area contributed by atoms with E-state index in [-0.39, 0.29) is 5.56 Å². The van der Waals surface area contributed by atoms with Gasteiger partial charge in [-0.3, -0.25) is 4.79 Å². The molecule has 2 aromatic heterocycles. The molecular formula is C21H22N2O4. The van der Waals surface area contributed by atoms with Crippen LogP contribution in [0.25, 0.3) is 22.0 Å². The number of carbonyl (C=O) groups is 1. The maximum Gasteiger partial charge on any atom is 0.358 e. The quantitative estimate of drug-likeness (QED) is 0.690. The Balaban J connectivity index is 2.36. The van der Waals surface area contributed by atoms with Crippen molar-refractivity contribution in [2.45, 2.75) is 33.2 Å². The Morgan fingerprint density at radius 1 is 1.19 bits per heavy atom. The van der Waals surface area contributed by atoms with Gasteiger partial charge in [-0.15, -0.1) is 0 Å². The number of hydrogen-bond acceptors (Lipinski definition) is 4. The average molecular weight is 366 g/mol. The molecule has 2 N–H and O–H groups in total. The van der Waals surface area contributed by atoms with Crippen LogP contribution in [0.15, 0.2) is 47.4 Å². The van der Waals surface area contributed by atoms with Crippen molar-refractivity contribution < 1.29 is 15.0 Å². The molecule has 6 heteroatoms. The molecule has 0 unspecified atom stereocenters. The number of carboxylic acid groups (broad SMARTS) is 1. The van der Waals surface area contributed by atoms with Gasteiger partial charge in [0.1, 0.15) is 0 Å². The van der Waals surface area contributed by atoms with Crippen molar-refractivity contribution in [2.75, 3.05) is 0 Å². The van der Waals surface area contributed by atoms with E-state index in [0.29, 0.717) is 28.9 Å². The first-order valence-corrected chi connectivity index (χ1v) is 9.02. The topological polar surface area (TPSA) is 92.4 Å². The third-order valence-corrected chi connectivity index (χ3v) is 5.01. The Hall–Kier alpha value is -3.15. The van der Waals surface area contributed by atoms with Gasteiger partial charge in [0.15, 0.2) is 11.4 Å². The molecule has 0 aliphatic carbocycles. The van der Waals surface area contributed by atoms with E-state index in [4.69, 9.17) is 0 Å². The standard InChI is InChI=1S/C21H22N2O4/c1-3-13(4-2)12-23-17-11-22-18(21(26)27)19(24)16(17)10-15(20(23)25)14-8-6-5-7-9-14/h5-11,13,24H,3-4,12H2,1-2H3,(H,26,27). The van der Waals surface area contributed by atoms with Crippen molar-refractivity contribution in [1.29, 1.82) is 0 Å². The lowest BCUT2D eigenvalue weighted by molar-refractivity contribution is 0.0687. The minimum absolute atomic E-state index is 0.176. The zero-order chi connectivity index (χ0) is 19.6. The summed E-state index contributed by atoms with van der Waals surface area (Å²) in [5.41, 5.74) is 0.982. The minimum atomic E-state index is -1.31. The van der Waals surface area contributed by atoms with Crippen molar-refractivity contribution in [1.82, 2.24) is 9.55 Å². The first kappa shape index (κ1) is 18.6. The molecule has 0 spiro atoms. The lowest BCUT2D eigenvalue weighted by atomic mass is 10.0. The van der Waals surface area contributed by atoms with Crippen LogP contribution in [0.3, 0.4) is 0 Å². The van der Waals surface area contributed by atoms with Gasteiger partial charge < -0.3 is 14.8 Å². The average Bonchev–Trinajstić information content (AvgIpc) is 2.68. The Bertz CT molecular complexity index is 1040. The normalized spacial score (nSPS) is 11.2. The maximum absolute atomic E-state index is 13.2. The van der Waals surface area contributed by atoms with Gasteiger partial charge in [0.2, 0.25) is 0 Å². The highest BCUT2D eigenvalue weighted by Gasteiger charge is 2.20. The Kier molecular flexibility index (Phi) is 5.26. The number of rotatable bonds is 6. The lowest BCUT2D eigenvalue weighted by Gasteiger charge is -2.18. The predicted octanol–water partition coefficient (Wildman–Crippen LogP) is 3.90. The maximum atomic E-state index is 13.2. The highest BCUT2D eigenvalue weighted by Crippen LogP contribution is 2.30. The van der Waals surface area contributed by atoms with Crippen LogP contribution in [0, 0.1) is 5.92 Å². The van der Waals surface area contributed by atoms with E-state index >= 15 is 0 Å². The second-order valence-electron chi connectivity index (χ2n) is 6.58. The van der Waals surface area contributed by atoms with Crippen LogP contribution in [-0.2, 0) is 6.54 Å². The Morgan fingerprint density at radius 3 is 2.44 bits per heavy atom. The number of carboxylic acids is 1. The molecule has 0 fully saturated rings. The van der Waals surface area contributed by atoms with Gasteiger partial charge in [0.05, 0.1) is 11.7 Å². The second-order valence-corrected chi connectivity index (χ2v) is 6.58. The molecule has 0 aliphatic rings. The fraction of sp³-hybridized carbons (Fsp3) is 0.286. The second kappa shape index (κ2) is 7.61. The molecule has 6 nitrogen and oxygen atoms in total. The smallest absolute Gasteiger partial charge is 0.358 e. The predicted molar refractivity (Wildman–Crippen MR) is 104 cm³/mol. The molecule has 0 radical (unpaired) electrons. The van der Waals surface area contributed by atoms with E-state index in [9.17, 15) is 19.8 Å². The lowest BCUT2D eigenvalue weighted by Crippen LogP contribution is -2.26. The number of aromatic nitrogens is 2. The SMILES string of the molecule is CCC(CC)Cn1c(=O)c(-c2ccccc2)cc2c(O)c(C(=O)O)ncc21. The summed E-state index contributed by atoms with van der Waals surface area (Å²) in [5.74, 6) is -1.44. The van der Waals surface area contributed by atoms with Crippen LogP contribution in [0.1, 0.15) is 37.2 Å². The number of pyridine rings is 2. The van der Waals surface area contributed by atoms with Crippen molar-refractivity contribution in [3.8, 4) is 16.9 Å². The highest BCUT2D eigenvalue weighted by atomic mass is 16.4. The van der Waals surface area contributed by atoms with Crippen molar-refractivity contribution in [3.05, 3.63) is 58.6 Å². The van der Waals surface area contributed by atoms with Crippen molar-refractivity contribution in [3.63, 3.8) is 0 Å². The van der Waals surface area contributed by atoms with E-state index in [0.717, 1.165) is 18.4 Å². The summed E-state index contributed by atoms with van der Waals surface area (Å²) >= 11 is 0. The van der Waals surface area contributed by atoms with Gasteiger partial charge in [-0.1, -0.05) is 57.0 Å². The van der Waals surface area contributed by atoms with E-state index < -0.39 is 17.4 Å². The van der Waals surface area contributed by atoms with E-state index in [1.165, 1.54) is 6.20 Å². The fourth-order valence-electron chi connectivity index (χ4n) is 3.29. The monoisotopic (exact) mass is 366 g/mol. The molecule has 3 rings (SSSR count). The van der Waals surface area contributed by atoms with Crippen LogP contribution in [-0.4, -0.2) is 25.7 Å². The number of benzene rings is 1. The number of nitrogens with zero attached hydrogens (tertiary/aromatic N) is 2. The summed E-state index contributed by atoms with van der Waals surface area (Å²) in [6.45, 7) is 4.62. The van der Waals surface area contributed by atoms with Crippen LogP contribution in [0.4, 0.5) is 0 Å². The molecule has 2 heterocycles. The van der Waals surface area contributed by atoms with E-state index in [1.807, 2.05) is 30.3 Å². The first-order chi connectivity index (χ1) is 13.0. The molecule has 1 aromatic carbocycles. The Labute approximate surface area is 156 Å². The number of hydrogen-bond donors (Lipinski definition) is 2. The molecule has 0 aliphatic heterocycles. The number of aromatic carboxylic acids is 1. The van der Waals surface area contributed by atoms with Gasteiger partial charge in [0.25, 0.3) is 5.56 Å². The summed E-state index contributed by atoms with van der Waals surface area (Å²) < 4.78 is 1.60. The number of fused-ring (bicyclic) bond motifs is 1. The highest BCUT2D eigenvalue weighted by molar-refractivity contribution is 5.98. The summed E-state index contributed by atoms with van der Waals surface area (Å²) in [7, 11) is 0. The van der Waals surface area contributed by atoms with Crippen molar-refractivity contribution >= 4 is 16.9 Å². The van der Waals surface area contributed by atoms with Gasteiger partial charge in [0, 0.05) is 17.5 Å². The fourth-order valence-corrected chi connectivity index (χ4v) is 3.29. The molecule has 3 aromatic rings.